The van der Waals surface area contributed by atoms with E-state index in [0.717, 1.165) is 24.3 Å². The van der Waals surface area contributed by atoms with Crippen LogP contribution in [0.4, 0.5) is 26.3 Å². The van der Waals surface area contributed by atoms with Crippen LogP contribution in [-0.4, -0.2) is 45.4 Å². The van der Waals surface area contributed by atoms with Crippen molar-refractivity contribution in [1.29, 1.82) is 0 Å². The number of halogens is 6. The van der Waals surface area contributed by atoms with Gasteiger partial charge >= 0.3 is 154 Å². The van der Waals surface area contributed by atoms with Gasteiger partial charge in [0.2, 0.25) is 0 Å². The SMILES string of the molecule is O=C([O][Bi]([O]C(=O)C(F)(F)F)([c]1ccccc1)[c]1ccccc1)C(F)(F)F. The molecule has 0 unspecified atom stereocenters. The summed E-state index contributed by atoms with van der Waals surface area (Å²) in [7, 11) is 0. The van der Waals surface area contributed by atoms with Gasteiger partial charge in [-0.1, -0.05) is 0 Å². The standard InChI is InChI=1S/2C6H5.2C2HF3O2.Bi/c2*1-2-4-6-5-3-1;2*3-2(4,5)1(6)7;/h2*1-5H;2*(H,6,7);/q;;;;+2/p-2. The summed E-state index contributed by atoms with van der Waals surface area (Å²) in [5, 5.41) is 0. The molecule has 11 heteroatoms. The minimum absolute atomic E-state index is 0.209. The van der Waals surface area contributed by atoms with Gasteiger partial charge in [0.25, 0.3) is 0 Å². The number of alkyl halides is 6. The van der Waals surface area contributed by atoms with Crippen molar-refractivity contribution in [2.75, 3.05) is 0 Å². The summed E-state index contributed by atoms with van der Waals surface area (Å²) in [6.07, 6.45) is -11.0. The van der Waals surface area contributed by atoms with E-state index in [1.807, 2.05) is 0 Å². The Bertz CT molecular complexity index is 736. The van der Waals surface area contributed by atoms with E-state index in [-0.39, 0.29) is 6.54 Å². The topological polar surface area (TPSA) is 52.6 Å². The average molecular weight is 589 g/mol. The molecule has 2 rings (SSSR count). The maximum absolute atomic E-state index is 12.8. The number of carbonyl (C=O) groups is 2. The fourth-order valence-corrected chi connectivity index (χ4v) is 11.9. The molecule has 0 saturated carbocycles. The van der Waals surface area contributed by atoms with Gasteiger partial charge in [0.05, 0.1) is 0 Å². The fraction of sp³-hybridized carbons (Fsp3) is 0.125. The van der Waals surface area contributed by atoms with Crippen LogP contribution in [0.1, 0.15) is 0 Å². The molecule has 0 atom stereocenters. The van der Waals surface area contributed by atoms with Gasteiger partial charge in [-0.15, -0.1) is 0 Å². The summed E-state index contributed by atoms with van der Waals surface area (Å²) >= 11 is -6.10. The van der Waals surface area contributed by atoms with Crippen molar-refractivity contribution < 1.29 is 41.6 Å². The van der Waals surface area contributed by atoms with Crippen molar-refractivity contribution in [3.8, 4) is 0 Å². The Hall–Kier alpha value is -2.16. The van der Waals surface area contributed by atoms with Crippen LogP contribution in [0.25, 0.3) is 0 Å². The van der Waals surface area contributed by atoms with Crippen LogP contribution in [0.5, 0.6) is 0 Å². The van der Waals surface area contributed by atoms with Crippen LogP contribution in [0, 0.1) is 0 Å². The number of hydrogen-bond acceptors (Lipinski definition) is 4. The van der Waals surface area contributed by atoms with E-state index in [1.165, 1.54) is 36.4 Å². The maximum atomic E-state index is 12.8. The number of carbonyl (C=O) groups excluding carboxylic acids is 2. The summed E-state index contributed by atoms with van der Waals surface area (Å²) in [5.41, 5.74) is 0. The summed E-state index contributed by atoms with van der Waals surface area (Å²) in [6.45, 7) is 0. The average Bonchev–Trinajstić information content (AvgIpc) is 2.60. The molecule has 2 aromatic rings. The molecule has 27 heavy (non-hydrogen) atoms. The van der Waals surface area contributed by atoms with Gasteiger partial charge in [-0.25, -0.2) is 0 Å². The molecule has 0 aliphatic heterocycles. The summed E-state index contributed by atoms with van der Waals surface area (Å²) in [6, 6.07) is 12.8. The Morgan fingerprint density at radius 2 is 0.926 bits per heavy atom. The minimum atomic E-state index is -6.10. The van der Waals surface area contributed by atoms with Crippen LogP contribution in [0.15, 0.2) is 60.7 Å². The normalized spacial score (nSPS) is 12.4. The van der Waals surface area contributed by atoms with E-state index in [2.05, 4.69) is 5.63 Å². The summed E-state index contributed by atoms with van der Waals surface area (Å²) < 4.78 is 85.4. The van der Waals surface area contributed by atoms with E-state index in [1.54, 1.807) is 0 Å². The van der Waals surface area contributed by atoms with Crippen LogP contribution in [0.3, 0.4) is 0 Å². The molecule has 0 heterocycles. The molecule has 4 nitrogen and oxygen atoms in total. The quantitative estimate of drug-likeness (QED) is 0.407. The van der Waals surface area contributed by atoms with Crippen LogP contribution in [0.2, 0.25) is 0 Å². The van der Waals surface area contributed by atoms with Crippen LogP contribution < -0.4 is 6.54 Å². The fourth-order valence-electron chi connectivity index (χ4n) is 1.96. The third-order valence-corrected chi connectivity index (χ3v) is 14.0. The molecular formula is C16H10BiF6O4. The van der Waals surface area contributed by atoms with Crippen molar-refractivity contribution >= 4 is 39.6 Å². The summed E-state index contributed by atoms with van der Waals surface area (Å²) in [5.74, 6) is -5.47. The molecule has 0 bridgehead atoms. The number of hydrogen-bond donors (Lipinski definition) is 0. The van der Waals surface area contributed by atoms with E-state index >= 15 is 0 Å². The van der Waals surface area contributed by atoms with Gasteiger partial charge in [0, 0.05) is 0 Å². The van der Waals surface area contributed by atoms with Gasteiger partial charge in [-0.3, -0.25) is 0 Å². The molecule has 0 aliphatic carbocycles. The van der Waals surface area contributed by atoms with Crippen molar-refractivity contribution in [1.82, 2.24) is 0 Å². The first kappa shape index (κ1) is 21.1. The Balaban J connectivity index is 2.69. The van der Waals surface area contributed by atoms with Gasteiger partial charge in [-0.2, -0.15) is 0 Å². The monoisotopic (exact) mass is 589 g/mol. The second-order valence-corrected chi connectivity index (χ2v) is 14.7. The van der Waals surface area contributed by atoms with Gasteiger partial charge in [0.15, 0.2) is 0 Å². The number of benzene rings is 2. The van der Waals surface area contributed by atoms with E-state index in [0.29, 0.717) is 0 Å². The molecule has 0 spiro atoms. The second-order valence-electron chi connectivity index (χ2n) is 4.98. The first-order valence-electron chi connectivity index (χ1n) is 7.08. The van der Waals surface area contributed by atoms with E-state index in [4.69, 9.17) is 0 Å². The molecule has 145 valence electrons. The molecular weight excluding hydrogens is 579 g/mol. The molecule has 0 aromatic heterocycles. The molecule has 2 aromatic carbocycles. The van der Waals surface area contributed by atoms with E-state index in [9.17, 15) is 35.9 Å². The predicted molar refractivity (Wildman–Crippen MR) is 82.2 cm³/mol. The molecule has 1 radical (unpaired) electrons. The van der Waals surface area contributed by atoms with Crippen LogP contribution >= 0.6 is 0 Å². The molecule has 0 fully saturated rings. The van der Waals surface area contributed by atoms with Gasteiger partial charge < -0.3 is 0 Å². The third-order valence-electron chi connectivity index (χ3n) is 3.08. The zero-order valence-electron chi connectivity index (χ0n) is 13.1. The Morgan fingerprint density at radius 1 is 0.630 bits per heavy atom. The van der Waals surface area contributed by atoms with Gasteiger partial charge in [0.1, 0.15) is 0 Å². The van der Waals surface area contributed by atoms with Crippen molar-refractivity contribution in [3.05, 3.63) is 60.7 Å². The Labute approximate surface area is 154 Å². The first-order chi connectivity index (χ1) is 12.5. The van der Waals surface area contributed by atoms with Crippen molar-refractivity contribution in [2.24, 2.45) is 0 Å². The van der Waals surface area contributed by atoms with E-state index < -0.39 is 45.4 Å². The zero-order chi connectivity index (χ0) is 20.3. The molecule has 0 saturated heterocycles. The Kier molecular flexibility index (Phi) is 6.14. The Morgan fingerprint density at radius 3 is 1.19 bits per heavy atom. The zero-order valence-corrected chi connectivity index (χ0v) is 16.6. The van der Waals surface area contributed by atoms with Crippen LogP contribution in [-0.2, 0) is 15.2 Å². The van der Waals surface area contributed by atoms with Gasteiger partial charge in [-0.05, 0) is 0 Å². The molecule has 0 amide bonds. The number of rotatable bonds is 4. The summed E-state index contributed by atoms with van der Waals surface area (Å²) in [4.78, 5) is 23.0. The van der Waals surface area contributed by atoms with Crippen molar-refractivity contribution in [2.45, 2.75) is 12.4 Å². The molecule has 0 N–H and O–H groups in total. The first-order valence-corrected chi connectivity index (χ1v) is 13.4. The third kappa shape index (κ3) is 4.97. The molecule has 0 aliphatic rings. The predicted octanol–water partition coefficient (Wildman–Crippen LogP) is 2.45. The second kappa shape index (κ2) is 7.84. The van der Waals surface area contributed by atoms with Crippen molar-refractivity contribution in [3.63, 3.8) is 0 Å².